The molecule has 0 aliphatic rings. The Morgan fingerprint density at radius 2 is 2.15 bits per heavy atom. The van der Waals surface area contributed by atoms with Crippen LogP contribution in [0.2, 0.25) is 0 Å². The number of imidazole rings is 1. The van der Waals surface area contributed by atoms with E-state index >= 15 is 0 Å². The van der Waals surface area contributed by atoms with Crippen molar-refractivity contribution < 1.29 is 0 Å². The van der Waals surface area contributed by atoms with Crippen LogP contribution in [0.1, 0.15) is 11.4 Å². The second-order valence-electron chi connectivity index (χ2n) is 4.50. The first-order valence-corrected chi connectivity index (χ1v) is 7.73. The first kappa shape index (κ1) is 12.0. The van der Waals surface area contributed by atoms with Crippen LogP contribution in [0.15, 0.2) is 40.4 Å². The number of hydrogen-bond donors (Lipinski definition) is 1. The van der Waals surface area contributed by atoms with Crippen molar-refractivity contribution in [3.63, 3.8) is 0 Å². The molecule has 0 unspecified atom stereocenters. The first-order chi connectivity index (χ1) is 9.78. The average molecular weight is 345 g/mol. The molecule has 0 aliphatic heterocycles. The molecule has 0 saturated heterocycles. The van der Waals surface area contributed by atoms with Crippen LogP contribution in [0.5, 0.6) is 0 Å². The molecular weight excluding hydrogens is 336 g/mol. The molecule has 0 spiro atoms. The second kappa shape index (κ2) is 4.64. The molecule has 4 rings (SSSR count). The molecule has 0 saturated carbocycles. The summed E-state index contributed by atoms with van der Waals surface area (Å²) in [5, 5.41) is 0. The second-order valence-corrected chi connectivity index (χ2v) is 6.81. The minimum atomic E-state index is 0.766. The topological polar surface area (TPSA) is 54.5 Å². The molecule has 3 aromatic heterocycles. The maximum Gasteiger partial charge on any atom is 0.177 e. The van der Waals surface area contributed by atoms with Gasteiger partial charge in [-0.2, -0.15) is 0 Å². The van der Waals surface area contributed by atoms with Crippen LogP contribution < -0.4 is 0 Å². The van der Waals surface area contributed by atoms with Crippen LogP contribution in [0.25, 0.3) is 21.4 Å². The van der Waals surface area contributed by atoms with Crippen molar-refractivity contribution in [2.24, 2.45) is 0 Å². The lowest BCUT2D eigenvalue weighted by molar-refractivity contribution is 1.04. The Morgan fingerprint density at radius 1 is 1.20 bits per heavy atom. The van der Waals surface area contributed by atoms with Gasteiger partial charge in [0.25, 0.3) is 0 Å². The molecule has 1 N–H and O–H groups in total. The fraction of sp³-hybridized carbons (Fsp3) is 0.0714. The van der Waals surface area contributed by atoms with Crippen LogP contribution in [0.3, 0.4) is 0 Å². The molecule has 4 aromatic rings. The third kappa shape index (κ3) is 2.10. The van der Waals surface area contributed by atoms with Gasteiger partial charge < -0.3 is 4.98 Å². The van der Waals surface area contributed by atoms with Gasteiger partial charge in [0.1, 0.15) is 5.82 Å². The lowest BCUT2D eigenvalue weighted by Crippen LogP contribution is -1.90. The number of H-pyrrole nitrogens is 1. The molecule has 98 valence electrons. The number of hydrogen-bond acceptors (Lipinski definition) is 4. The van der Waals surface area contributed by atoms with Gasteiger partial charge in [-0.25, -0.2) is 15.0 Å². The molecule has 1 aromatic carbocycles. The Hall–Kier alpha value is -1.79. The number of aromatic nitrogens is 4. The third-order valence-electron chi connectivity index (χ3n) is 3.10. The minimum Gasteiger partial charge on any atom is -0.340 e. The van der Waals surface area contributed by atoms with Crippen LogP contribution in [-0.4, -0.2) is 19.9 Å². The number of halogens is 1. The molecule has 3 heterocycles. The highest BCUT2D eigenvalue weighted by molar-refractivity contribution is 9.11. The predicted octanol–water partition coefficient (Wildman–Crippen LogP) is 3.92. The Kier molecular flexibility index (Phi) is 2.78. The summed E-state index contributed by atoms with van der Waals surface area (Å²) in [5.41, 5.74) is 3.98. The molecule has 0 aliphatic carbocycles. The molecule has 0 radical (unpaired) electrons. The zero-order valence-corrected chi connectivity index (χ0v) is 12.7. The van der Waals surface area contributed by atoms with Gasteiger partial charge in [-0.1, -0.05) is 6.07 Å². The SMILES string of the molecule is Brc1nc2ccc(Cc3nc4ncccc4[nH]3)cc2s1. The molecular formula is C14H9BrN4S. The highest BCUT2D eigenvalue weighted by atomic mass is 79.9. The summed E-state index contributed by atoms with van der Waals surface area (Å²) in [4.78, 5) is 16.4. The fourth-order valence-corrected chi connectivity index (χ4v) is 3.69. The van der Waals surface area contributed by atoms with Crippen molar-refractivity contribution in [2.45, 2.75) is 6.42 Å². The maximum atomic E-state index is 4.51. The number of nitrogens with one attached hydrogen (secondary N) is 1. The Morgan fingerprint density at radius 3 is 3.05 bits per heavy atom. The van der Waals surface area contributed by atoms with E-state index in [1.807, 2.05) is 18.2 Å². The smallest absolute Gasteiger partial charge is 0.177 e. The van der Waals surface area contributed by atoms with Gasteiger partial charge in [0.05, 0.1) is 15.7 Å². The van der Waals surface area contributed by atoms with Gasteiger partial charge in [-0.05, 0) is 45.8 Å². The molecule has 0 fully saturated rings. The van der Waals surface area contributed by atoms with Gasteiger partial charge in [0.2, 0.25) is 0 Å². The van der Waals surface area contributed by atoms with Gasteiger partial charge in [0.15, 0.2) is 9.56 Å². The third-order valence-corrected chi connectivity index (χ3v) is 4.57. The number of fused-ring (bicyclic) bond motifs is 2. The van der Waals surface area contributed by atoms with E-state index < -0.39 is 0 Å². The van der Waals surface area contributed by atoms with Gasteiger partial charge >= 0.3 is 0 Å². The van der Waals surface area contributed by atoms with E-state index in [2.05, 4.69) is 48.0 Å². The minimum absolute atomic E-state index is 0.766. The van der Waals surface area contributed by atoms with E-state index in [0.717, 1.165) is 32.8 Å². The van der Waals surface area contributed by atoms with E-state index in [-0.39, 0.29) is 0 Å². The van der Waals surface area contributed by atoms with Gasteiger partial charge in [0, 0.05) is 12.6 Å². The summed E-state index contributed by atoms with van der Waals surface area (Å²) in [7, 11) is 0. The van der Waals surface area contributed by atoms with Gasteiger partial charge in [-0.15, -0.1) is 11.3 Å². The van der Waals surface area contributed by atoms with E-state index in [9.17, 15) is 0 Å². The number of rotatable bonds is 2. The van der Waals surface area contributed by atoms with E-state index in [1.54, 1.807) is 17.5 Å². The lowest BCUT2D eigenvalue weighted by atomic mass is 10.1. The molecule has 0 amide bonds. The summed E-state index contributed by atoms with van der Waals surface area (Å²) < 4.78 is 2.10. The largest absolute Gasteiger partial charge is 0.340 e. The quantitative estimate of drug-likeness (QED) is 0.599. The van der Waals surface area contributed by atoms with Crippen LogP contribution in [0, 0.1) is 0 Å². The average Bonchev–Trinajstić information content (AvgIpc) is 2.99. The molecule has 0 bridgehead atoms. The molecule has 0 atom stereocenters. The normalized spacial score (nSPS) is 11.4. The van der Waals surface area contributed by atoms with E-state index in [0.29, 0.717) is 0 Å². The number of benzene rings is 1. The fourth-order valence-electron chi connectivity index (χ4n) is 2.22. The number of aromatic amines is 1. The lowest BCUT2D eigenvalue weighted by Gasteiger charge is -1.97. The zero-order chi connectivity index (χ0) is 13.5. The Bertz CT molecular complexity index is 879. The van der Waals surface area contributed by atoms with Crippen molar-refractivity contribution in [1.29, 1.82) is 0 Å². The standard InChI is InChI=1S/C14H9BrN4S/c15-14-18-9-4-3-8(6-11(9)20-14)7-12-17-10-2-1-5-16-13(10)19-12/h1-6H,7H2,(H,16,17,19). The number of nitrogens with zero attached hydrogens (tertiary/aromatic N) is 3. The van der Waals surface area contributed by atoms with Crippen molar-refractivity contribution in [3.8, 4) is 0 Å². The molecule has 6 heteroatoms. The van der Waals surface area contributed by atoms with E-state index in [1.165, 1.54) is 10.3 Å². The zero-order valence-electron chi connectivity index (χ0n) is 10.3. The summed E-state index contributed by atoms with van der Waals surface area (Å²) in [6.07, 6.45) is 2.52. The van der Waals surface area contributed by atoms with Crippen molar-refractivity contribution in [1.82, 2.24) is 19.9 Å². The van der Waals surface area contributed by atoms with Crippen LogP contribution in [-0.2, 0) is 6.42 Å². The summed E-state index contributed by atoms with van der Waals surface area (Å²) in [6, 6.07) is 10.2. The molecule has 20 heavy (non-hydrogen) atoms. The van der Waals surface area contributed by atoms with E-state index in [4.69, 9.17) is 0 Å². The van der Waals surface area contributed by atoms with Crippen molar-refractivity contribution in [3.05, 3.63) is 51.8 Å². The molecule has 4 nitrogen and oxygen atoms in total. The summed E-state index contributed by atoms with van der Waals surface area (Å²) in [5.74, 6) is 0.932. The summed E-state index contributed by atoms with van der Waals surface area (Å²) >= 11 is 5.06. The monoisotopic (exact) mass is 344 g/mol. The Balaban J connectivity index is 1.72. The highest BCUT2D eigenvalue weighted by Gasteiger charge is 2.06. The van der Waals surface area contributed by atoms with Crippen molar-refractivity contribution >= 4 is 48.6 Å². The van der Waals surface area contributed by atoms with Crippen molar-refractivity contribution in [2.75, 3.05) is 0 Å². The summed E-state index contributed by atoms with van der Waals surface area (Å²) in [6.45, 7) is 0. The van der Waals surface area contributed by atoms with Crippen LogP contribution in [0.4, 0.5) is 0 Å². The predicted molar refractivity (Wildman–Crippen MR) is 84.0 cm³/mol. The maximum absolute atomic E-state index is 4.51. The number of thiazole rings is 1. The van der Waals surface area contributed by atoms with Crippen LogP contribution >= 0.6 is 27.3 Å². The Labute approximate surface area is 127 Å². The van der Waals surface area contributed by atoms with Gasteiger partial charge in [-0.3, -0.25) is 0 Å². The number of pyridine rings is 1. The first-order valence-electron chi connectivity index (χ1n) is 6.12. The highest BCUT2D eigenvalue weighted by Crippen LogP contribution is 2.27.